The van der Waals surface area contributed by atoms with Crippen LogP contribution in [0, 0.1) is 10.8 Å². The minimum Gasteiger partial charge on any atom is -0.384 e. The molecule has 0 saturated carbocycles. The van der Waals surface area contributed by atoms with Crippen molar-refractivity contribution in [3.05, 3.63) is 33.1 Å². The lowest BCUT2D eigenvalue weighted by Crippen LogP contribution is -2.50. The smallest absolute Gasteiger partial charge is 0.384 e. The predicted molar refractivity (Wildman–Crippen MR) is 151 cm³/mol. The topological polar surface area (TPSA) is 183 Å². The maximum atomic E-state index is 15.9. The fourth-order valence-electron chi connectivity index (χ4n) is 3.28. The van der Waals surface area contributed by atoms with Crippen LogP contribution >= 0.6 is 31.3 Å². The molecule has 1 saturated heterocycles. The minimum absolute atomic E-state index is 0.0654. The number of thioether (sulfide) groups is 2. The summed E-state index contributed by atoms with van der Waals surface area (Å²) in [6, 6.07) is 0.933. The summed E-state index contributed by atoms with van der Waals surface area (Å²) in [4.78, 5) is 49.8. The molecule has 41 heavy (non-hydrogen) atoms. The van der Waals surface area contributed by atoms with Crippen molar-refractivity contribution in [2.75, 3.05) is 31.3 Å². The molecule has 0 bridgehead atoms. The molecule has 2 rings (SSSR count). The Morgan fingerprint density at radius 2 is 1.56 bits per heavy atom. The molecular formula is C24H38FN2O11PS2. The van der Waals surface area contributed by atoms with Crippen molar-refractivity contribution >= 4 is 41.6 Å². The molecule has 0 aliphatic carbocycles. The van der Waals surface area contributed by atoms with Crippen molar-refractivity contribution in [3.8, 4) is 0 Å². The third-order valence-corrected chi connectivity index (χ3v) is 9.58. The Bertz CT molecular complexity index is 1220. The lowest BCUT2D eigenvalue weighted by atomic mass is 9.95. The largest absolute Gasteiger partial charge is 0.475 e. The molecule has 2 heterocycles. The second-order valence-corrected chi connectivity index (χ2v) is 15.4. The Labute approximate surface area is 245 Å². The molecule has 1 fully saturated rings. The summed E-state index contributed by atoms with van der Waals surface area (Å²) in [5, 5.41) is 21.1. The van der Waals surface area contributed by atoms with Gasteiger partial charge in [0.2, 0.25) is 0 Å². The highest BCUT2D eigenvalue weighted by Crippen LogP contribution is 2.53. The molecule has 1 aromatic rings. The SMILES string of the molecule is CC(C)(C)C(=O)SCCOP(=O)(OCCSC(=O)C(C)(C)C)OC[C@@]1(F)OC(n2ccc(=O)[nH]c2=O)[C@](C)(O)[C@@H]1O. The molecule has 1 aliphatic rings. The van der Waals surface area contributed by atoms with Gasteiger partial charge >= 0.3 is 13.5 Å². The molecule has 17 heteroatoms. The molecule has 0 spiro atoms. The molecule has 13 nitrogen and oxygen atoms in total. The Morgan fingerprint density at radius 3 is 2.00 bits per heavy atom. The van der Waals surface area contributed by atoms with E-state index in [1.165, 1.54) is 0 Å². The summed E-state index contributed by atoms with van der Waals surface area (Å²) in [6.07, 6.45) is -3.17. The summed E-state index contributed by atoms with van der Waals surface area (Å²) in [5.74, 6) is -3.08. The number of rotatable bonds is 12. The van der Waals surface area contributed by atoms with Crippen LogP contribution in [0.15, 0.2) is 21.9 Å². The van der Waals surface area contributed by atoms with Gasteiger partial charge in [0.15, 0.2) is 16.5 Å². The van der Waals surface area contributed by atoms with Crippen LogP contribution in [-0.4, -0.2) is 78.9 Å². The number of ether oxygens (including phenoxy) is 1. The van der Waals surface area contributed by atoms with E-state index in [0.717, 1.165) is 42.7 Å². The number of alkyl halides is 1. The normalized spacial score (nSPS) is 25.4. The molecule has 234 valence electrons. The lowest BCUT2D eigenvalue weighted by molar-refractivity contribution is -0.205. The molecule has 0 aromatic carbocycles. The maximum Gasteiger partial charge on any atom is 0.475 e. The van der Waals surface area contributed by atoms with Gasteiger partial charge in [0.1, 0.15) is 18.3 Å². The monoisotopic (exact) mass is 644 g/mol. The van der Waals surface area contributed by atoms with E-state index in [1.807, 2.05) is 4.98 Å². The average molecular weight is 645 g/mol. The fourth-order valence-corrected chi connectivity index (χ4v) is 6.29. The Hall–Kier alpha value is -1.36. The summed E-state index contributed by atoms with van der Waals surface area (Å²) >= 11 is 1.86. The highest BCUT2D eigenvalue weighted by Gasteiger charge is 2.63. The van der Waals surface area contributed by atoms with Gasteiger partial charge in [-0.1, -0.05) is 65.1 Å². The van der Waals surface area contributed by atoms with E-state index in [9.17, 15) is 34.0 Å². The van der Waals surface area contributed by atoms with E-state index in [1.54, 1.807) is 41.5 Å². The summed E-state index contributed by atoms with van der Waals surface area (Å²) in [7, 11) is -4.57. The number of carbonyl (C=O) groups is 2. The zero-order valence-electron chi connectivity index (χ0n) is 24.0. The van der Waals surface area contributed by atoms with Gasteiger partial charge in [-0.2, -0.15) is 0 Å². The van der Waals surface area contributed by atoms with Crippen molar-refractivity contribution in [1.82, 2.24) is 9.55 Å². The predicted octanol–water partition coefficient (Wildman–Crippen LogP) is 2.61. The summed E-state index contributed by atoms with van der Waals surface area (Å²) < 4.78 is 50.8. The van der Waals surface area contributed by atoms with E-state index in [2.05, 4.69) is 0 Å². The van der Waals surface area contributed by atoms with Gasteiger partial charge in [-0.15, -0.1) is 0 Å². The van der Waals surface area contributed by atoms with Gasteiger partial charge in [-0.25, -0.2) is 13.8 Å². The van der Waals surface area contributed by atoms with Crippen LogP contribution < -0.4 is 11.2 Å². The molecule has 1 unspecified atom stereocenters. The number of hydrogen-bond acceptors (Lipinski definition) is 13. The zero-order valence-corrected chi connectivity index (χ0v) is 26.5. The first-order valence-corrected chi connectivity index (χ1v) is 16.0. The van der Waals surface area contributed by atoms with Crippen molar-refractivity contribution in [1.29, 1.82) is 0 Å². The standard InChI is InChI=1S/C24H38FN2O11PS2/c1-21(2,3)18(30)40-12-10-35-39(34,36-11-13-41-19(31)22(4,5)6)37-14-24(25)16(29)23(7,33)17(38-24)27-9-8-15(28)26-20(27)32/h8-9,16-17,29,33H,10-14H2,1-7H3,(H,26,28,32)/t16-,17?,23+,24+/m0/s1. The number of phosphoric acid groups is 1. The number of phosphoric ester groups is 1. The second kappa shape index (κ2) is 13.5. The number of aromatic nitrogens is 2. The number of H-pyrrole nitrogens is 1. The van der Waals surface area contributed by atoms with Crippen LogP contribution in [0.4, 0.5) is 4.39 Å². The molecule has 3 N–H and O–H groups in total. The van der Waals surface area contributed by atoms with Crippen molar-refractivity contribution in [2.24, 2.45) is 10.8 Å². The molecule has 1 aliphatic heterocycles. The number of carbonyl (C=O) groups excluding carboxylic acids is 2. The number of aromatic amines is 1. The van der Waals surface area contributed by atoms with E-state index < -0.39 is 60.3 Å². The first-order chi connectivity index (χ1) is 18.6. The van der Waals surface area contributed by atoms with E-state index in [4.69, 9.17) is 18.3 Å². The Morgan fingerprint density at radius 1 is 1.07 bits per heavy atom. The number of aliphatic hydroxyl groups is 2. The van der Waals surface area contributed by atoms with Crippen LogP contribution in [-0.2, 0) is 32.5 Å². The van der Waals surface area contributed by atoms with Crippen LogP contribution in [0.1, 0.15) is 54.7 Å². The van der Waals surface area contributed by atoms with E-state index in [-0.39, 0.29) is 35.0 Å². The first kappa shape index (κ1) is 35.8. The number of nitrogens with zero attached hydrogens (tertiary/aromatic N) is 1. The van der Waals surface area contributed by atoms with Gasteiger partial charge in [0.25, 0.3) is 11.4 Å². The first-order valence-electron chi connectivity index (χ1n) is 12.6. The van der Waals surface area contributed by atoms with Gasteiger partial charge in [0, 0.05) is 34.6 Å². The summed E-state index contributed by atoms with van der Waals surface area (Å²) in [6.45, 7) is 9.52. The van der Waals surface area contributed by atoms with E-state index in [0.29, 0.717) is 4.57 Å². The molecule has 0 radical (unpaired) electrons. The summed E-state index contributed by atoms with van der Waals surface area (Å²) in [5.41, 5.74) is -5.45. The van der Waals surface area contributed by atoms with Crippen LogP contribution in [0.25, 0.3) is 0 Å². The second-order valence-electron chi connectivity index (χ2n) is 11.6. The minimum atomic E-state index is -4.57. The third kappa shape index (κ3) is 9.57. The van der Waals surface area contributed by atoms with Crippen LogP contribution in [0.5, 0.6) is 0 Å². The highest BCUT2D eigenvalue weighted by molar-refractivity contribution is 8.14. The number of halogens is 1. The Kier molecular flexibility index (Phi) is 11.8. The zero-order chi connectivity index (χ0) is 31.4. The van der Waals surface area contributed by atoms with Crippen LogP contribution in [0.3, 0.4) is 0 Å². The number of hydrogen-bond donors (Lipinski definition) is 3. The number of nitrogens with one attached hydrogen (secondary N) is 1. The van der Waals surface area contributed by atoms with E-state index >= 15 is 4.39 Å². The van der Waals surface area contributed by atoms with Crippen LogP contribution in [0.2, 0.25) is 0 Å². The molecule has 1 aromatic heterocycles. The van der Waals surface area contributed by atoms with Crippen molar-refractivity contribution in [2.45, 2.75) is 72.3 Å². The van der Waals surface area contributed by atoms with Crippen molar-refractivity contribution in [3.63, 3.8) is 0 Å². The Balaban J connectivity index is 2.16. The van der Waals surface area contributed by atoms with Gasteiger partial charge in [-0.05, 0) is 6.92 Å². The van der Waals surface area contributed by atoms with Gasteiger partial charge in [-0.3, -0.25) is 37.5 Å². The number of aliphatic hydroxyl groups excluding tert-OH is 1. The molecule has 0 amide bonds. The molecule has 4 atom stereocenters. The maximum absolute atomic E-state index is 15.9. The highest BCUT2D eigenvalue weighted by atomic mass is 32.2. The quantitative estimate of drug-likeness (QED) is 0.223. The fraction of sp³-hybridized carbons (Fsp3) is 0.750. The van der Waals surface area contributed by atoms with Gasteiger partial charge in [0.05, 0.1) is 13.2 Å². The lowest BCUT2D eigenvalue weighted by Gasteiger charge is -2.28. The average Bonchev–Trinajstić information content (AvgIpc) is 3.02. The van der Waals surface area contributed by atoms with Gasteiger partial charge < -0.3 is 14.9 Å². The van der Waals surface area contributed by atoms with Crippen molar-refractivity contribution < 1.29 is 47.1 Å². The molecular weight excluding hydrogens is 606 g/mol. The third-order valence-electron chi connectivity index (χ3n) is 5.65.